The van der Waals surface area contributed by atoms with E-state index in [0.717, 1.165) is 25.2 Å². The summed E-state index contributed by atoms with van der Waals surface area (Å²) >= 11 is 0. The topological polar surface area (TPSA) is 101 Å². The summed E-state index contributed by atoms with van der Waals surface area (Å²) in [6, 6.07) is 0. The van der Waals surface area contributed by atoms with Crippen LogP contribution in [0.5, 0.6) is 0 Å². The summed E-state index contributed by atoms with van der Waals surface area (Å²) in [6.45, 7) is 4.76. The number of rotatable bonds is 6. The molecule has 0 aromatic carbocycles. The molecular weight excluding hydrogens is 454 g/mol. The summed E-state index contributed by atoms with van der Waals surface area (Å²) in [6.07, 6.45) is 4.04. The Kier molecular flexibility index (Phi) is 5.23. The molecule has 192 valence electrons. The van der Waals surface area contributed by atoms with Crippen molar-refractivity contribution >= 4 is 17.9 Å². The van der Waals surface area contributed by atoms with Gasteiger partial charge in [-0.25, -0.2) is 0 Å². The van der Waals surface area contributed by atoms with E-state index in [2.05, 4.69) is 6.92 Å². The molecule has 0 amide bonds. The molecule has 9 heteroatoms. The molecule has 4 bridgehead atoms. The number of nitrogens with zero attached hydrogens (tertiary/aromatic N) is 1. The molecule has 4 aliphatic heterocycles. The number of morpholine rings is 1. The Morgan fingerprint density at radius 3 is 2.71 bits per heavy atom. The third-order valence-electron chi connectivity index (χ3n) is 10.4. The summed E-state index contributed by atoms with van der Waals surface area (Å²) < 4.78 is 29.2. The average Bonchev–Trinajstić information content (AvgIpc) is 3.65. The Morgan fingerprint density at radius 2 is 1.91 bits per heavy atom. The van der Waals surface area contributed by atoms with E-state index in [-0.39, 0.29) is 12.5 Å². The monoisotopic (exact) mass is 489 g/mol. The Bertz CT molecular complexity index is 919. The van der Waals surface area contributed by atoms with Gasteiger partial charge in [-0.1, -0.05) is 13.3 Å². The largest absolute Gasteiger partial charge is 0.458 e. The summed E-state index contributed by atoms with van der Waals surface area (Å²) in [5.74, 6) is -0.149. The molecule has 11 unspecified atom stereocenters. The molecule has 7 aliphatic rings. The summed E-state index contributed by atoms with van der Waals surface area (Å²) in [5, 5.41) is 0. The van der Waals surface area contributed by atoms with Crippen LogP contribution < -0.4 is 0 Å². The van der Waals surface area contributed by atoms with Crippen molar-refractivity contribution in [3.63, 3.8) is 0 Å². The molecule has 35 heavy (non-hydrogen) atoms. The molecule has 3 aliphatic carbocycles. The molecule has 11 atom stereocenters. The quantitative estimate of drug-likeness (QED) is 0.404. The first-order valence-corrected chi connectivity index (χ1v) is 13.6. The Morgan fingerprint density at radius 1 is 1.11 bits per heavy atom. The maximum absolute atomic E-state index is 13.7. The molecular formula is C26H35NO8. The lowest BCUT2D eigenvalue weighted by Gasteiger charge is -2.43. The Labute approximate surface area is 205 Å². The highest BCUT2D eigenvalue weighted by Gasteiger charge is 2.73. The minimum Gasteiger partial charge on any atom is -0.458 e. The van der Waals surface area contributed by atoms with Crippen LogP contribution in [-0.4, -0.2) is 85.7 Å². The first kappa shape index (κ1) is 22.5. The van der Waals surface area contributed by atoms with Crippen LogP contribution in [0, 0.1) is 35.5 Å². The van der Waals surface area contributed by atoms with Gasteiger partial charge in [-0.2, -0.15) is 0 Å². The number of fused-ring (bicyclic) bond motifs is 6. The van der Waals surface area contributed by atoms with Gasteiger partial charge in [0.2, 0.25) is 0 Å². The van der Waals surface area contributed by atoms with Crippen LogP contribution in [0.25, 0.3) is 0 Å². The number of esters is 3. The molecule has 0 aromatic heterocycles. The van der Waals surface area contributed by atoms with Gasteiger partial charge in [-0.05, 0) is 49.9 Å². The van der Waals surface area contributed by atoms with Crippen molar-refractivity contribution in [1.29, 1.82) is 0 Å². The van der Waals surface area contributed by atoms with Crippen LogP contribution in [0.2, 0.25) is 0 Å². The van der Waals surface area contributed by atoms with Crippen molar-refractivity contribution in [1.82, 2.24) is 4.90 Å². The lowest BCUT2D eigenvalue weighted by molar-refractivity contribution is -0.182. The van der Waals surface area contributed by atoms with E-state index in [1.165, 1.54) is 19.3 Å². The highest BCUT2D eigenvalue weighted by Crippen LogP contribution is 2.64. The average molecular weight is 490 g/mol. The lowest BCUT2D eigenvalue weighted by atomic mass is 9.71. The van der Waals surface area contributed by atoms with Crippen molar-refractivity contribution < 1.29 is 38.1 Å². The minimum absolute atomic E-state index is 0.140. The number of hydrogen-bond donors (Lipinski definition) is 0. The predicted octanol–water partition coefficient (Wildman–Crippen LogP) is 1.32. The fourth-order valence-electron chi connectivity index (χ4n) is 8.95. The normalized spacial score (nSPS) is 49.3. The zero-order valence-corrected chi connectivity index (χ0v) is 20.3. The molecule has 0 spiro atoms. The fraction of sp³-hybridized carbons (Fsp3) is 0.885. The van der Waals surface area contributed by atoms with Crippen LogP contribution in [0.3, 0.4) is 0 Å². The van der Waals surface area contributed by atoms with E-state index in [4.69, 9.17) is 23.7 Å². The van der Waals surface area contributed by atoms with Gasteiger partial charge in [0.1, 0.15) is 29.6 Å². The summed E-state index contributed by atoms with van der Waals surface area (Å²) in [7, 11) is 0. The molecule has 9 nitrogen and oxygen atoms in total. The van der Waals surface area contributed by atoms with Gasteiger partial charge in [0, 0.05) is 19.0 Å². The summed E-state index contributed by atoms with van der Waals surface area (Å²) in [5.41, 5.74) is -0.445. The van der Waals surface area contributed by atoms with E-state index >= 15 is 0 Å². The standard InChI is InChI=1S/C26H35NO8/c1-2-26(11-13-10-16(26)15-5-3-4-14(13)15)35-25(30)19-18-20-23(34-24(18)29)22(21(19)33-20)32-17(28)12-27-6-8-31-9-7-27/h13-16,18-23H,2-12H2,1H3. The molecule has 7 rings (SSSR count). The van der Waals surface area contributed by atoms with Gasteiger partial charge in [0.15, 0.2) is 12.2 Å². The molecule has 4 heterocycles. The van der Waals surface area contributed by atoms with Gasteiger partial charge < -0.3 is 23.7 Å². The van der Waals surface area contributed by atoms with Crippen LogP contribution in [0.4, 0.5) is 0 Å². The zero-order chi connectivity index (χ0) is 23.9. The van der Waals surface area contributed by atoms with E-state index in [1.807, 2.05) is 4.90 Å². The van der Waals surface area contributed by atoms with Crippen molar-refractivity contribution in [2.45, 2.75) is 75.5 Å². The second-order valence-corrected chi connectivity index (χ2v) is 11.8. The highest BCUT2D eigenvalue weighted by molar-refractivity contribution is 5.87. The maximum atomic E-state index is 13.7. The van der Waals surface area contributed by atoms with Crippen LogP contribution >= 0.6 is 0 Å². The number of hydrogen-bond acceptors (Lipinski definition) is 9. The molecule has 0 N–H and O–H groups in total. The van der Waals surface area contributed by atoms with Gasteiger partial charge in [0.25, 0.3) is 0 Å². The first-order chi connectivity index (χ1) is 17.0. The van der Waals surface area contributed by atoms with Crippen molar-refractivity contribution in [2.24, 2.45) is 35.5 Å². The predicted molar refractivity (Wildman–Crippen MR) is 119 cm³/mol. The van der Waals surface area contributed by atoms with Gasteiger partial charge in [-0.3, -0.25) is 19.3 Å². The van der Waals surface area contributed by atoms with Gasteiger partial charge in [-0.15, -0.1) is 0 Å². The lowest BCUT2D eigenvalue weighted by Crippen LogP contribution is -2.52. The molecule has 0 radical (unpaired) electrons. The Hall–Kier alpha value is -1.71. The van der Waals surface area contributed by atoms with E-state index < -0.39 is 53.8 Å². The number of carbonyl (C=O) groups is 3. The van der Waals surface area contributed by atoms with Crippen molar-refractivity contribution in [3.8, 4) is 0 Å². The van der Waals surface area contributed by atoms with Gasteiger partial charge in [0.05, 0.1) is 19.8 Å². The van der Waals surface area contributed by atoms with E-state index in [9.17, 15) is 14.4 Å². The fourth-order valence-corrected chi connectivity index (χ4v) is 8.95. The van der Waals surface area contributed by atoms with Crippen LogP contribution in [0.1, 0.15) is 45.4 Å². The van der Waals surface area contributed by atoms with E-state index in [1.54, 1.807) is 0 Å². The zero-order valence-electron chi connectivity index (χ0n) is 20.3. The van der Waals surface area contributed by atoms with Crippen LogP contribution in [-0.2, 0) is 38.1 Å². The molecule has 3 saturated carbocycles. The van der Waals surface area contributed by atoms with Gasteiger partial charge >= 0.3 is 17.9 Å². The highest BCUT2D eigenvalue weighted by atomic mass is 16.7. The van der Waals surface area contributed by atoms with Crippen molar-refractivity contribution in [2.75, 3.05) is 32.8 Å². The Balaban J connectivity index is 1.07. The SMILES string of the molecule is CCC1(OC(=O)C2C3OC4C(OC(=O)C42)C3OC(=O)CN2CCOCC2)CC2CC1C1CCCC21. The first-order valence-electron chi connectivity index (χ1n) is 13.6. The van der Waals surface area contributed by atoms with E-state index in [0.29, 0.717) is 44.1 Å². The third-order valence-corrected chi connectivity index (χ3v) is 10.4. The minimum atomic E-state index is -0.783. The van der Waals surface area contributed by atoms with Crippen molar-refractivity contribution in [3.05, 3.63) is 0 Å². The second kappa shape index (κ2) is 8.15. The maximum Gasteiger partial charge on any atom is 0.320 e. The molecule has 7 fully saturated rings. The number of carbonyl (C=O) groups excluding carboxylic acids is 3. The molecule has 4 saturated heterocycles. The second-order valence-electron chi connectivity index (χ2n) is 11.8. The number of ether oxygens (including phenoxy) is 5. The molecule has 0 aromatic rings. The van der Waals surface area contributed by atoms with Crippen LogP contribution in [0.15, 0.2) is 0 Å². The third kappa shape index (κ3) is 3.26. The summed E-state index contributed by atoms with van der Waals surface area (Å²) in [4.78, 5) is 41.2. The smallest absolute Gasteiger partial charge is 0.320 e.